The van der Waals surface area contributed by atoms with Crippen LogP contribution in [-0.4, -0.2) is 38.7 Å². The fraction of sp³-hybridized carbons (Fsp3) is 0.778. The van der Waals surface area contributed by atoms with Crippen molar-refractivity contribution in [1.29, 1.82) is 0 Å². The maximum atomic E-state index is 11.6. The summed E-state index contributed by atoms with van der Waals surface area (Å²) in [5, 5.41) is 4.22. The second-order valence-electron chi connectivity index (χ2n) is 3.06. The fourth-order valence-corrected chi connectivity index (χ4v) is 3.02. The van der Waals surface area contributed by atoms with Crippen molar-refractivity contribution in [3.05, 3.63) is 0 Å². The first-order chi connectivity index (χ1) is 8.02. The number of nitrogens with zero attached hydrogens (tertiary/aromatic N) is 2. The first-order valence-electron chi connectivity index (χ1n) is 5.11. The summed E-state index contributed by atoms with van der Waals surface area (Å²) in [6.07, 6.45) is 3.13. The van der Waals surface area contributed by atoms with E-state index in [1.807, 2.05) is 6.26 Å². The number of hydrogen-bond acceptors (Lipinski definition) is 6. The highest BCUT2D eigenvalue weighted by atomic mass is 33.1. The van der Waals surface area contributed by atoms with Crippen molar-refractivity contribution in [2.45, 2.75) is 26.7 Å². The molecule has 100 valence electrons. The molecule has 1 unspecified atom stereocenters. The zero-order valence-electron chi connectivity index (χ0n) is 10.5. The lowest BCUT2D eigenvalue weighted by Crippen LogP contribution is -2.26. The third-order valence-electron chi connectivity index (χ3n) is 1.71. The highest BCUT2D eigenvalue weighted by Crippen LogP contribution is 2.14. The monoisotopic (exact) mass is 298 g/mol. The number of oxime groups is 1. The maximum absolute atomic E-state index is 11.6. The summed E-state index contributed by atoms with van der Waals surface area (Å²) in [5.41, 5.74) is 0. The van der Waals surface area contributed by atoms with Gasteiger partial charge in [-0.05, 0) is 30.4 Å². The van der Waals surface area contributed by atoms with Gasteiger partial charge in [-0.15, -0.1) is 11.8 Å². The van der Waals surface area contributed by atoms with Crippen molar-refractivity contribution in [3.63, 3.8) is 0 Å². The van der Waals surface area contributed by atoms with Gasteiger partial charge in [-0.1, -0.05) is 18.5 Å². The van der Waals surface area contributed by atoms with Crippen LogP contribution in [0.15, 0.2) is 5.16 Å². The summed E-state index contributed by atoms with van der Waals surface area (Å²) in [4.78, 5) is 16.1. The number of hydrogen-bond donors (Lipinski definition) is 0. The Balaban J connectivity index is 4.07. The quantitative estimate of drug-likeness (QED) is 0.188. The van der Waals surface area contributed by atoms with Crippen LogP contribution in [0.4, 0.5) is 4.79 Å². The van der Waals surface area contributed by atoms with E-state index in [2.05, 4.69) is 16.9 Å². The summed E-state index contributed by atoms with van der Waals surface area (Å²) < 4.78 is 12.7. The van der Waals surface area contributed by atoms with E-state index in [1.165, 1.54) is 29.6 Å². The summed E-state index contributed by atoms with van der Waals surface area (Å²) in [6.45, 7) is 3.78. The zero-order valence-corrected chi connectivity index (χ0v) is 12.9. The number of unbranched alkanes of at least 4 members (excludes halogenated alkanes) is 1. The lowest BCUT2D eigenvalue weighted by Gasteiger charge is -2.12. The molecule has 1 amide bonds. The minimum absolute atomic E-state index is 0.635. The van der Waals surface area contributed by atoms with Crippen LogP contribution in [0.5, 0.6) is 0 Å². The van der Waals surface area contributed by atoms with Crippen molar-refractivity contribution < 1.29 is 13.8 Å². The molecule has 0 N–H and O–H groups in total. The lowest BCUT2D eigenvalue weighted by atomic mass is 10.4. The third-order valence-corrected chi connectivity index (χ3v) is 5.40. The Morgan fingerprint density at radius 2 is 2.18 bits per heavy atom. The number of carbonyl (C=O) groups excluding carboxylic acids is 1. The van der Waals surface area contributed by atoms with Crippen LogP contribution in [0.25, 0.3) is 0 Å². The second-order valence-corrected chi connectivity index (χ2v) is 7.25. The van der Waals surface area contributed by atoms with Crippen molar-refractivity contribution in [2.75, 3.05) is 19.1 Å². The predicted octanol–water partition coefficient (Wildman–Crippen LogP) is 2.86. The van der Waals surface area contributed by atoms with E-state index < -0.39 is 16.1 Å². The molecule has 0 fully saturated rings. The Kier molecular flexibility index (Phi) is 9.66. The van der Waals surface area contributed by atoms with Gasteiger partial charge in [0.2, 0.25) is 0 Å². The molecule has 0 aromatic rings. The molecule has 0 aromatic carbocycles. The Labute approximate surface area is 113 Å². The van der Waals surface area contributed by atoms with E-state index in [9.17, 15) is 9.00 Å². The average molecular weight is 298 g/mol. The largest absolute Gasteiger partial charge is 0.448 e. The summed E-state index contributed by atoms with van der Waals surface area (Å²) in [5.74, 6) is 0.758. The van der Waals surface area contributed by atoms with Gasteiger partial charge in [-0.25, -0.2) is 13.3 Å². The smallest absolute Gasteiger partial charge is 0.296 e. The van der Waals surface area contributed by atoms with E-state index in [4.69, 9.17) is 0 Å². The molecule has 0 aromatic heterocycles. The third kappa shape index (κ3) is 7.67. The molecule has 0 spiro atoms. The topological polar surface area (TPSA) is 59.0 Å². The van der Waals surface area contributed by atoms with E-state index in [0.717, 1.165) is 22.9 Å². The molecule has 0 aliphatic rings. The van der Waals surface area contributed by atoms with E-state index >= 15 is 0 Å². The van der Waals surface area contributed by atoms with Crippen LogP contribution in [-0.2, 0) is 14.9 Å². The Hall–Kier alpha value is -0.210. The predicted molar refractivity (Wildman–Crippen MR) is 76.4 cm³/mol. The molecule has 0 aliphatic heterocycles. The van der Waals surface area contributed by atoms with Gasteiger partial charge in [0.1, 0.15) is 5.04 Å². The number of amides is 1. The summed E-state index contributed by atoms with van der Waals surface area (Å²) >= 11 is 1.38. The van der Waals surface area contributed by atoms with Crippen LogP contribution >= 0.6 is 22.6 Å². The van der Waals surface area contributed by atoms with Crippen molar-refractivity contribution in [2.24, 2.45) is 5.16 Å². The molecule has 0 rings (SSSR count). The van der Waals surface area contributed by atoms with Gasteiger partial charge in [0.25, 0.3) is 0 Å². The standard InChI is InChI=1S/C9H18N2O3S3/c1-5-6-7-16-17(13)11(3)9(12)14-10-8(2)15-4/h5-7H2,1-4H3/b10-8+. The lowest BCUT2D eigenvalue weighted by molar-refractivity contribution is 0.136. The van der Waals surface area contributed by atoms with Gasteiger partial charge < -0.3 is 0 Å². The highest BCUT2D eigenvalue weighted by molar-refractivity contribution is 8.68. The van der Waals surface area contributed by atoms with Crippen LogP contribution in [0.2, 0.25) is 0 Å². The van der Waals surface area contributed by atoms with Crippen LogP contribution in [0.1, 0.15) is 26.7 Å². The van der Waals surface area contributed by atoms with Crippen LogP contribution in [0, 0.1) is 0 Å². The van der Waals surface area contributed by atoms with Gasteiger partial charge in [0, 0.05) is 12.8 Å². The molecule has 1 atom stereocenters. The molecule has 17 heavy (non-hydrogen) atoms. The van der Waals surface area contributed by atoms with Gasteiger partial charge in [0.05, 0.1) is 0 Å². The normalized spacial score (nSPS) is 13.3. The van der Waals surface area contributed by atoms with Gasteiger partial charge in [-0.3, -0.25) is 4.84 Å². The van der Waals surface area contributed by atoms with E-state index in [0.29, 0.717) is 5.04 Å². The van der Waals surface area contributed by atoms with Crippen LogP contribution < -0.4 is 0 Å². The van der Waals surface area contributed by atoms with Crippen LogP contribution in [0.3, 0.4) is 0 Å². The zero-order chi connectivity index (χ0) is 13.3. The number of carbonyl (C=O) groups is 1. The SMILES string of the molecule is CCCCSS(=O)N(C)C(=O)O/N=C(\C)SC. The number of thioether (sulfide) groups is 1. The number of rotatable bonds is 6. The van der Waals surface area contributed by atoms with Gasteiger partial charge >= 0.3 is 6.09 Å². The second kappa shape index (κ2) is 9.78. The highest BCUT2D eigenvalue weighted by Gasteiger charge is 2.17. The molecule has 5 nitrogen and oxygen atoms in total. The molecule has 0 heterocycles. The van der Waals surface area contributed by atoms with Gasteiger partial charge in [-0.2, -0.15) is 0 Å². The Bertz CT molecular complexity index is 297. The molecule has 0 saturated heterocycles. The molecule has 0 bridgehead atoms. The average Bonchev–Trinajstić information content (AvgIpc) is 2.34. The molecule has 0 aliphatic carbocycles. The Morgan fingerprint density at radius 1 is 1.53 bits per heavy atom. The molecular weight excluding hydrogens is 280 g/mol. The molecular formula is C9H18N2O3S3. The van der Waals surface area contributed by atoms with Gasteiger partial charge in [0.15, 0.2) is 10.0 Å². The Morgan fingerprint density at radius 3 is 2.71 bits per heavy atom. The maximum Gasteiger partial charge on any atom is 0.448 e. The minimum atomic E-state index is -1.41. The van der Waals surface area contributed by atoms with Crippen molar-refractivity contribution in [1.82, 2.24) is 4.31 Å². The fourth-order valence-electron chi connectivity index (χ4n) is 0.613. The summed E-state index contributed by atoms with van der Waals surface area (Å²) in [6, 6.07) is 0. The molecule has 0 radical (unpaired) electrons. The van der Waals surface area contributed by atoms with Crippen molar-refractivity contribution >= 4 is 43.7 Å². The van der Waals surface area contributed by atoms with E-state index in [1.54, 1.807) is 6.92 Å². The first kappa shape index (κ1) is 16.8. The molecule has 0 saturated carbocycles. The first-order valence-corrected chi connectivity index (χ1v) is 8.94. The van der Waals surface area contributed by atoms with Crippen molar-refractivity contribution in [3.8, 4) is 0 Å². The van der Waals surface area contributed by atoms with E-state index in [-0.39, 0.29) is 0 Å². The minimum Gasteiger partial charge on any atom is -0.296 e. The molecule has 8 heteroatoms. The summed E-state index contributed by atoms with van der Waals surface area (Å²) in [7, 11) is 1.24.